The number of carboxylic acid groups (broad SMARTS) is 1. The molecule has 0 aliphatic carbocycles. The highest BCUT2D eigenvalue weighted by molar-refractivity contribution is 5.69. The van der Waals surface area contributed by atoms with Gasteiger partial charge in [0, 0.05) is 6.20 Å². The number of fused-ring (bicyclic) bond motifs is 1. The van der Waals surface area contributed by atoms with Crippen LogP contribution in [0.15, 0.2) is 24.4 Å². The van der Waals surface area contributed by atoms with Crippen LogP contribution in [-0.2, 0) is 11.2 Å². The Morgan fingerprint density at radius 1 is 1.60 bits per heavy atom. The van der Waals surface area contributed by atoms with Gasteiger partial charge in [-0.3, -0.25) is 9.20 Å². The SMILES string of the molecule is COc1cccc2nc(CC(=O)O)cn12. The minimum absolute atomic E-state index is 0.0785. The Morgan fingerprint density at radius 2 is 2.40 bits per heavy atom. The van der Waals surface area contributed by atoms with E-state index in [0.29, 0.717) is 17.2 Å². The van der Waals surface area contributed by atoms with Gasteiger partial charge in [-0.15, -0.1) is 0 Å². The Balaban J connectivity index is 2.50. The molecule has 0 aliphatic heterocycles. The van der Waals surface area contributed by atoms with Gasteiger partial charge in [0.2, 0.25) is 0 Å². The number of rotatable bonds is 3. The number of pyridine rings is 1. The summed E-state index contributed by atoms with van der Waals surface area (Å²) in [4.78, 5) is 14.7. The number of imidazole rings is 1. The van der Waals surface area contributed by atoms with Gasteiger partial charge in [-0.1, -0.05) is 6.07 Å². The van der Waals surface area contributed by atoms with Crippen LogP contribution in [0.1, 0.15) is 5.69 Å². The van der Waals surface area contributed by atoms with Crippen molar-refractivity contribution in [3.05, 3.63) is 30.1 Å². The fourth-order valence-electron chi connectivity index (χ4n) is 1.44. The molecule has 0 radical (unpaired) electrons. The van der Waals surface area contributed by atoms with E-state index in [2.05, 4.69) is 4.98 Å². The number of carboxylic acids is 1. The van der Waals surface area contributed by atoms with Crippen molar-refractivity contribution >= 4 is 11.6 Å². The Kier molecular flexibility index (Phi) is 2.29. The fourth-order valence-corrected chi connectivity index (χ4v) is 1.44. The highest BCUT2D eigenvalue weighted by Gasteiger charge is 2.07. The highest BCUT2D eigenvalue weighted by Crippen LogP contribution is 2.15. The third-order valence-corrected chi connectivity index (χ3v) is 2.05. The van der Waals surface area contributed by atoms with E-state index in [1.54, 1.807) is 29.8 Å². The average Bonchev–Trinajstić information content (AvgIpc) is 2.58. The van der Waals surface area contributed by atoms with Gasteiger partial charge >= 0.3 is 5.97 Å². The van der Waals surface area contributed by atoms with Gasteiger partial charge < -0.3 is 9.84 Å². The summed E-state index contributed by atoms with van der Waals surface area (Å²) >= 11 is 0. The van der Waals surface area contributed by atoms with Crippen LogP contribution in [0, 0.1) is 0 Å². The van der Waals surface area contributed by atoms with Crippen LogP contribution in [0.2, 0.25) is 0 Å². The zero-order valence-electron chi connectivity index (χ0n) is 8.17. The van der Waals surface area contributed by atoms with Crippen LogP contribution in [0.3, 0.4) is 0 Å². The molecule has 0 aromatic carbocycles. The number of nitrogens with zero attached hydrogens (tertiary/aromatic N) is 2. The fraction of sp³-hybridized carbons (Fsp3) is 0.200. The molecule has 5 heteroatoms. The van der Waals surface area contributed by atoms with Crippen LogP contribution >= 0.6 is 0 Å². The molecule has 0 fully saturated rings. The largest absolute Gasteiger partial charge is 0.482 e. The van der Waals surface area contributed by atoms with Gasteiger partial charge in [-0.2, -0.15) is 0 Å². The van der Waals surface area contributed by atoms with Gasteiger partial charge in [-0.05, 0) is 12.1 Å². The summed E-state index contributed by atoms with van der Waals surface area (Å²) < 4.78 is 6.84. The Labute approximate surface area is 85.9 Å². The Morgan fingerprint density at radius 3 is 3.07 bits per heavy atom. The van der Waals surface area contributed by atoms with E-state index in [1.165, 1.54) is 0 Å². The molecule has 0 saturated carbocycles. The zero-order valence-corrected chi connectivity index (χ0v) is 8.17. The predicted octanol–water partition coefficient (Wildman–Crippen LogP) is 0.970. The minimum atomic E-state index is -0.891. The molecule has 0 bridgehead atoms. The molecule has 0 aliphatic rings. The number of aliphatic carboxylic acids is 1. The lowest BCUT2D eigenvalue weighted by Crippen LogP contribution is -1.99. The summed E-state index contributed by atoms with van der Waals surface area (Å²) in [5.41, 5.74) is 1.21. The molecule has 2 heterocycles. The summed E-state index contributed by atoms with van der Waals surface area (Å²) in [6.07, 6.45) is 1.59. The van der Waals surface area contributed by atoms with Crippen molar-refractivity contribution in [3.8, 4) is 5.88 Å². The van der Waals surface area contributed by atoms with E-state index in [-0.39, 0.29) is 6.42 Å². The minimum Gasteiger partial charge on any atom is -0.482 e. The molecule has 2 aromatic rings. The quantitative estimate of drug-likeness (QED) is 0.812. The van der Waals surface area contributed by atoms with Crippen LogP contribution < -0.4 is 4.74 Å². The van der Waals surface area contributed by atoms with Crippen molar-refractivity contribution in [3.63, 3.8) is 0 Å². The number of hydrogen-bond donors (Lipinski definition) is 1. The smallest absolute Gasteiger partial charge is 0.309 e. The number of ether oxygens (including phenoxy) is 1. The van der Waals surface area contributed by atoms with E-state index in [0.717, 1.165) is 0 Å². The molecule has 0 spiro atoms. The number of carbonyl (C=O) groups is 1. The maximum absolute atomic E-state index is 10.5. The maximum Gasteiger partial charge on any atom is 0.309 e. The predicted molar refractivity (Wildman–Crippen MR) is 53.1 cm³/mol. The van der Waals surface area contributed by atoms with E-state index >= 15 is 0 Å². The number of methoxy groups -OCH3 is 1. The molecule has 78 valence electrons. The van der Waals surface area contributed by atoms with Gasteiger partial charge in [0.15, 0.2) is 5.88 Å². The first-order chi connectivity index (χ1) is 7.20. The van der Waals surface area contributed by atoms with Crippen LogP contribution in [0.5, 0.6) is 5.88 Å². The summed E-state index contributed by atoms with van der Waals surface area (Å²) in [6, 6.07) is 5.40. The van der Waals surface area contributed by atoms with Crippen molar-refractivity contribution in [2.24, 2.45) is 0 Å². The summed E-state index contributed by atoms with van der Waals surface area (Å²) in [5.74, 6) is -0.256. The molecule has 1 N–H and O–H groups in total. The molecule has 0 unspecified atom stereocenters. The Bertz CT molecular complexity index is 504. The number of hydrogen-bond acceptors (Lipinski definition) is 3. The molecule has 2 aromatic heterocycles. The van der Waals surface area contributed by atoms with Crippen molar-refractivity contribution in [2.75, 3.05) is 7.11 Å². The van der Waals surface area contributed by atoms with Crippen molar-refractivity contribution in [2.45, 2.75) is 6.42 Å². The number of aromatic nitrogens is 2. The van der Waals surface area contributed by atoms with Crippen LogP contribution in [0.4, 0.5) is 0 Å². The molecular formula is C10H10N2O3. The normalized spacial score (nSPS) is 10.5. The Hall–Kier alpha value is -2.04. The van der Waals surface area contributed by atoms with Crippen LogP contribution in [0.25, 0.3) is 5.65 Å². The molecular weight excluding hydrogens is 196 g/mol. The summed E-state index contributed by atoms with van der Waals surface area (Å²) in [7, 11) is 1.56. The van der Waals surface area contributed by atoms with E-state index in [9.17, 15) is 4.79 Å². The van der Waals surface area contributed by atoms with Gasteiger partial charge in [-0.25, -0.2) is 4.98 Å². The van der Waals surface area contributed by atoms with Crippen molar-refractivity contribution < 1.29 is 14.6 Å². The van der Waals surface area contributed by atoms with Gasteiger partial charge in [0.05, 0.1) is 19.2 Å². The monoisotopic (exact) mass is 206 g/mol. The topological polar surface area (TPSA) is 63.8 Å². The van der Waals surface area contributed by atoms with Gasteiger partial charge in [0.25, 0.3) is 0 Å². The molecule has 0 amide bonds. The lowest BCUT2D eigenvalue weighted by Gasteiger charge is -2.01. The first kappa shape index (κ1) is 9.51. The lowest BCUT2D eigenvalue weighted by atomic mass is 10.3. The summed E-state index contributed by atoms with van der Waals surface area (Å²) in [5, 5.41) is 8.64. The first-order valence-corrected chi connectivity index (χ1v) is 4.43. The molecule has 2 rings (SSSR count). The highest BCUT2D eigenvalue weighted by atomic mass is 16.5. The van der Waals surface area contributed by atoms with E-state index in [1.807, 2.05) is 6.07 Å². The first-order valence-electron chi connectivity index (χ1n) is 4.43. The average molecular weight is 206 g/mol. The second kappa shape index (κ2) is 3.61. The molecule has 0 atom stereocenters. The second-order valence-corrected chi connectivity index (χ2v) is 3.10. The van der Waals surface area contributed by atoms with Gasteiger partial charge in [0.1, 0.15) is 5.65 Å². The maximum atomic E-state index is 10.5. The third kappa shape index (κ3) is 1.76. The van der Waals surface area contributed by atoms with Crippen LogP contribution in [-0.4, -0.2) is 27.6 Å². The second-order valence-electron chi connectivity index (χ2n) is 3.10. The molecule has 5 nitrogen and oxygen atoms in total. The molecule has 0 saturated heterocycles. The summed E-state index contributed by atoms with van der Waals surface area (Å²) in [6.45, 7) is 0. The lowest BCUT2D eigenvalue weighted by molar-refractivity contribution is -0.136. The van der Waals surface area contributed by atoms with Crippen molar-refractivity contribution in [1.29, 1.82) is 0 Å². The molecule has 15 heavy (non-hydrogen) atoms. The van der Waals surface area contributed by atoms with E-state index in [4.69, 9.17) is 9.84 Å². The van der Waals surface area contributed by atoms with Crippen molar-refractivity contribution in [1.82, 2.24) is 9.38 Å². The third-order valence-electron chi connectivity index (χ3n) is 2.05. The van der Waals surface area contributed by atoms with E-state index < -0.39 is 5.97 Å². The zero-order chi connectivity index (χ0) is 10.8. The standard InChI is InChI=1S/C10H10N2O3/c1-15-9-4-2-3-8-11-7(5-10(13)14)6-12(8)9/h2-4,6H,5H2,1H3,(H,13,14).